The molecule has 0 aliphatic heterocycles. The van der Waals surface area contributed by atoms with Gasteiger partial charge in [-0.3, -0.25) is 13.9 Å². The van der Waals surface area contributed by atoms with E-state index < -0.39 is 28.5 Å². The van der Waals surface area contributed by atoms with Gasteiger partial charge in [-0.25, -0.2) is 8.42 Å². The van der Waals surface area contributed by atoms with E-state index in [0.29, 0.717) is 12.2 Å². The highest BCUT2D eigenvalue weighted by atomic mass is 79.9. The van der Waals surface area contributed by atoms with E-state index in [1.165, 1.54) is 4.90 Å². The van der Waals surface area contributed by atoms with Crippen LogP contribution in [0.25, 0.3) is 0 Å². The van der Waals surface area contributed by atoms with Crippen molar-refractivity contribution in [3.05, 3.63) is 130 Å². The quantitative estimate of drug-likeness (QED) is 0.166. The first-order valence-corrected chi connectivity index (χ1v) is 17.3. The summed E-state index contributed by atoms with van der Waals surface area (Å²) in [5.41, 5.74) is 4.03. The highest BCUT2D eigenvalue weighted by molar-refractivity contribution is 9.10. The highest BCUT2D eigenvalue weighted by Gasteiger charge is 2.34. The minimum absolute atomic E-state index is 0.0813. The number of anilines is 1. The minimum atomic E-state index is -4.15. The molecule has 4 aromatic rings. The molecule has 4 aromatic carbocycles. The zero-order valence-electron chi connectivity index (χ0n) is 26.1. The summed E-state index contributed by atoms with van der Waals surface area (Å²) in [6, 6.07) is 30.0. The Bertz CT molecular complexity index is 1680. The summed E-state index contributed by atoms with van der Waals surface area (Å²) in [4.78, 5) is 29.7. The highest BCUT2D eigenvalue weighted by Crippen LogP contribution is 2.27. The maximum Gasteiger partial charge on any atom is 0.264 e. The van der Waals surface area contributed by atoms with Gasteiger partial charge < -0.3 is 10.2 Å². The lowest BCUT2D eigenvalue weighted by atomic mass is 10.0. The van der Waals surface area contributed by atoms with Gasteiger partial charge >= 0.3 is 0 Å². The molecule has 0 aromatic heterocycles. The molecule has 0 aliphatic rings. The predicted octanol–water partition coefficient (Wildman–Crippen LogP) is 6.85. The van der Waals surface area contributed by atoms with Gasteiger partial charge in [-0.15, -0.1) is 0 Å². The van der Waals surface area contributed by atoms with Gasteiger partial charge in [0, 0.05) is 24.0 Å². The first-order valence-electron chi connectivity index (χ1n) is 15.0. The number of sulfonamides is 1. The number of benzene rings is 4. The zero-order valence-corrected chi connectivity index (χ0v) is 28.5. The maximum atomic E-state index is 14.5. The van der Waals surface area contributed by atoms with Crippen molar-refractivity contribution in [2.24, 2.45) is 0 Å². The molecule has 236 valence electrons. The summed E-state index contributed by atoms with van der Waals surface area (Å²) in [6.07, 6.45) is 0.267. The van der Waals surface area contributed by atoms with Crippen LogP contribution >= 0.6 is 15.9 Å². The number of nitrogens with one attached hydrogen (secondary N) is 1. The van der Waals surface area contributed by atoms with Gasteiger partial charge in [0.25, 0.3) is 10.0 Å². The van der Waals surface area contributed by atoms with Gasteiger partial charge in [-0.2, -0.15) is 0 Å². The van der Waals surface area contributed by atoms with Crippen LogP contribution < -0.4 is 9.62 Å². The predicted molar refractivity (Wildman–Crippen MR) is 184 cm³/mol. The number of carbonyl (C=O) groups is 2. The van der Waals surface area contributed by atoms with Crippen molar-refractivity contribution in [1.82, 2.24) is 10.2 Å². The summed E-state index contributed by atoms with van der Waals surface area (Å²) < 4.78 is 30.4. The molecule has 4 rings (SSSR count). The molecule has 1 atom stereocenters. The summed E-state index contributed by atoms with van der Waals surface area (Å²) >= 11 is 3.46. The number of halogens is 1. The molecule has 0 radical (unpaired) electrons. The number of hydrogen-bond acceptors (Lipinski definition) is 4. The van der Waals surface area contributed by atoms with Crippen LogP contribution in [0.1, 0.15) is 48.9 Å². The molecule has 7 nitrogen and oxygen atoms in total. The van der Waals surface area contributed by atoms with Gasteiger partial charge in [0.15, 0.2) is 0 Å². The third kappa shape index (κ3) is 8.83. The Morgan fingerprint density at radius 1 is 0.822 bits per heavy atom. The SMILES string of the molecule is CCNC(=O)C(Cc1ccccc1)N(Cc1ccc(Br)cc1)C(=O)CN(c1ccc(C(C)C)cc1)S(=O)(=O)c1ccc(C)cc1. The monoisotopic (exact) mass is 689 g/mol. The number of aryl methyl sites for hydroxylation is 1. The van der Waals surface area contributed by atoms with Crippen molar-refractivity contribution in [1.29, 1.82) is 0 Å². The van der Waals surface area contributed by atoms with Crippen LogP contribution in [0.4, 0.5) is 5.69 Å². The second kappa shape index (κ2) is 15.4. The van der Waals surface area contributed by atoms with E-state index in [4.69, 9.17) is 0 Å². The maximum absolute atomic E-state index is 14.5. The van der Waals surface area contributed by atoms with Crippen molar-refractivity contribution < 1.29 is 18.0 Å². The first kappa shape index (κ1) is 33.9. The molecule has 0 spiro atoms. The number of rotatable bonds is 13. The van der Waals surface area contributed by atoms with Crippen molar-refractivity contribution in [3.63, 3.8) is 0 Å². The lowest BCUT2D eigenvalue weighted by Gasteiger charge is -2.34. The molecule has 1 N–H and O–H groups in total. The molecular formula is C36H40BrN3O4S. The Hall–Kier alpha value is -3.95. The zero-order chi connectivity index (χ0) is 32.6. The van der Waals surface area contributed by atoms with Gasteiger partial charge in [-0.05, 0) is 72.9 Å². The number of carbonyl (C=O) groups excluding carboxylic acids is 2. The third-order valence-electron chi connectivity index (χ3n) is 7.62. The second-order valence-electron chi connectivity index (χ2n) is 11.3. The summed E-state index contributed by atoms with van der Waals surface area (Å²) in [6.45, 7) is 7.86. The standard InChI is InChI=1S/C36H40BrN3O4S/c1-5-38-36(42)34(23-28-9-7-6-8-10-28)39(24-29-13-17-31(37)18-14-29)35(41)25-40(32-19-15-30(16-20-32)26(2)3)45(43,44)33-21-11-27(4)12-22-33/h6-22,26,34H,5,23-25H2,1-4H3,(H,38,42). The smallest absolute Gasteiger partial charge is 0.264 e. The largest absolute Gasteiger partial charge is 0.355 e. The number of nitrogens with zero attached hydrogens (tertiary/aromatic N) is 2. The molecule has 0 heterocycles. The van der Waals surface area contributed by atoms with Gasteiger partial charge in [0.2, 0.25) is 11.8 Å². The molecule has 0 fully saturated rings. The fourth-order valence-corrected chi connectivity index (χ4v) is 6.70. The minimum Gasteiger partial charge on any atom is -0.355 e. The molecule has 45 heavy (non-hydrogen) atoms. The number of hydrogen-bond donors (Lipinski definition) is 1. The Balaban J connectivity index is 1.80. The van der Waals surface area contributed by atoms with E-state index in [-0.39, 0.29) is 29.7 Å². The van der Waals surface area contributed by atoms with Crippen molar-refractivity contribution in [3.8, 4) is 0 Å². The van der Waals surface area contributed by atoms with Crippen LogP contribution in [-0.4, -0.2) is 44.3 Å². The molecule has 0 saturated carbocycles. The molecule has 1 unspecified atom stereocenters. The van der Waals surface area contributed by atoms with E-state index in [9.17, 15) is 18.0 Å². The van der Waals surface area contributed by atoms with Crippen LogP contribution in [0, 0.1) is 6.92 Å². The Morgan fingerprint density at radius 2 is 1.44 bits per heavy atom. The third-order valence-corrected chi connectivity index (χ3v) is 9.94. The first-order chi connectivity index (χ1) is 21.5. The van der Waals surface area contributed by atoms with Gasteiger partial charge in [-0.1, -0.05) is 102 Å². The lowest BCUT2D eigenvalue weighted by Crippen LogP contribution is -2.53. The lowest BCUT2D eigenvalue weighted by molar-refractivity contribution is -0.140. The topological polar surface area (TPSA) is 86.8 Å². The Labute approximate surface area is 275 Å². The van der Waals surface area contributed by atoms with E-state index in [2.05, 4.69) is 35.1 Å². The normalized spacial score (nSPS) is 12.0. The number of amides is 2. The Morgan fingerprint density at radius 3 is 2.02 bits per heavy atom. The molecule has 0 aliphatic carbocycles. The fourth-order valence-electron chi connectivity index (χ4n) is 5.02. The molecular weight excluding hydrogens is 650 g/mol. The van der Waals surface area contributed by atoms with E-state index in [1.807, 2.05) is 80.6 Å². The van der Waals surface area contributed by atoms with Crippen LogP contribution in [0.5, 0.6) is 0 Å². The Kier molecular flexibility index (Phi) is 11.6. The van der Waals surface area contributed by atoms with Crippen LogP contribution in [0.3, 0.4) is 0 Å². The summed E-state index contributed by atoms with van der Waals surface area (Å²) in [5.74, 6) is -0.546. The summed E-state index contributed by atoms with van der Waals surface area (Å²) in [7, 11) is -4.15. The van der Waals surface area contributed by atoms with E-state index in [0.717, 1.165) is 31.0 Å². The molecule has 9 heteroatoms. The van der Waals surface area contributed by atoms with E-state index in [1.54, 1.807) is 36.4 Å². The fraction of sp³-hybridized carbons (Fsp3) is 0.278. The molecule has 0 saturated heterocycles. The molecule has 2 amide bonds. The van der Waals surface area contributed by atoms with Crippen LogP contribution in [-0.2, 0) is 32.6 Å². The summed E-state index contributed by atoms with van der Waals surface area (Å²) in [5, 5.41) is 2.89. The van der Waals surface area contributed by atoms with Crippen LogP contribution in [0.2, 0.25) is 0 Å². The second-order valence-corrected chi connectivity index (χ2v) is 14.1. The van der Waals surface area contributed by atoms with Gasteiger partial charge in [0.05, 0.1) is 10.6 Å². The van der Waals surface area contributed by atoms with Crippen molar-refractivity contribution in [2.45, 2.75) is 57.5 Å². The average molecular weight is 691 g/mol. The molecule has 0 bridgehead atoms. The van der Waals surface area contributed by atoms with E-state index >= 15 is 0 Å². The van der Waals surface area contributed by atoms with Crippen molar-refractivity contribution >= 4 is 43.5 Å². The van der Waals surface area contributed by atoms with Gasteiger partial charge in [0.1, 0.15) is 12.6 Å². The number of likely N-dealkylation sites (N-methyl/N-ethyl adjacent to an activating group) is 1. The van der Waals surface area contributed by atoms with Crippen LogP contribution in [0.15, 0.2) is 112 Å². The van der Waals surface area contributed by atoms with Crippen molar-refractivity contribution in [2.75, 3.05) is 17.4 Å². The average Bonchev–Trinajstić information content (AvgIpc) is 3.03.